The van der Waals surface area contributed by atoms with Crippen molar-refractivity contribution in [3.63, 3.8) is 0 Å². The first-order valence-electron chi connectivity index (χ1n) is 8.88. The van der Waals surface area contributed by atoms with Gasteiger partial charge in [-0.3, -0.25) is 9.59 Å². The van der Waals surface area contributed by atoms with Crippen LogP contribution in [-0.2, 0) is 11.2 Å². The number of fused-ring (bicyclic) bond motifs is 2. The van der Waals surface area contributed by atoms with Crippen LogP contribution in [0.15, 0.2) is 30.3 Å². The van der Waals surface area contributed by atoms with Crippen molar-refractivity contribution in [2.45, 2.75) is 26.4 Å². The number of ether oxygens (including phenoxy) is 3. The molecule has 1 unspecified atom stereocenters. The molecule has 2 aromatic carbocycles. The van der Waals surface area contributed by atoms with E-state index in [0.29, 0.717) is 35.0 Å². The first kappa shape index (κ1) is 17.2. The van der Waals surface area contributed by atoms with E-state index in [2.05, 4.69) is 10.6 Å². The molecule has 1 atom stereocenters. The van der Waals surface area contributed by atoms with E-state index in [-0.39, 0.29) is 24.5 Å². The van der Waals surface area contributed by atoms with Gasteiger partial charge in [-0.2, -0.15) is 0 Å². The highest BCUT2D eigenvalue weighted by Gasteiger charge is 2.23. The van der Waals surface area contributed by atoms with Crippen LogP contribution >= 0.6 is 0 Å². The number of nitrogens with one attached hydrogen (secondary N) is 2. The summed E-state index contributed by atoms with van der Waals surface area (Å²) < 4.78 is 16.9. The van der Waals surface area contributed by atoms with Gasteiger partial charge in [-0.15, -0.1) is 0 Å². The van der Waals surface area contributed by atoms with Crippen molar-refractivity contribution < 1.29 is 23.8 Å². The molecule has 4 rings (SSSR count). The van der Waals surface area contributed by atoms with Crippen molar-refractivity contribution in [3.05, 3.63) is 41.5 Å². The van der Waals surface area contributed by atoms with E-state index in [9.17, 15) is 9.59 Å². The monoisotopic (exact) mass is 368 g/mol. The molecule has 2 N–H and O–H groups in total. The molecular formula is C20H20N2O5. The molecule has 0 aromatic heterocycles. The lowest BCUT2D eigenvalue weighted by Gasteiger charge is -2.18. The lowest BCUT2D eigenvalue weighted by atomic mass is 10.1. The average molecular weight is 368 g/mol. The maximum Gasteiger partial charge on any atom is 0.262 e. The van der Waals surface area contributed by atoms with E-state index in [1.54, 1.807) is 24.3 Å². The van der Waals surface area contributed by atoms with Crippen LogP contribution in [0.2, 0.25) is 0 Å². The van der Waals surface area contributed by atoms with Gasteiger partial charge in [0.05, 0.1) is 18.0 Å². The lowest BCUT2D eigenvalue weighted by Crippen LogP contribution is -2.25. The Kier molecular flexibility index (Phi) is 4.35. The number of amides is 2. The Labute approximate surface area is 156 Å². The van der Waals surface area contributed by atoms with Crippen LogP contribution in [0.5, 0.6) is 17.2 Å². The van der Waals surface area contributed by atoms with Crippen LogP contribution in [0.3, 0.4) is 0 Å². The van der Waals surface area contributed by atoms with Gasteiger partial charge in [-0.05, 0) is 38.1 Å². The van der Waals surface area contributed by atoms with Gasteiger partial charge in [0, 0.05) is 23.6 Å². The number of rotatable bonds is 4. The molecule has 0 spiro atoms. The molecule has 2 heterocycles. The highest BCUT2D eigenvalue weighted by molar-refractivity contribution is 6.06. The molecular weight excluding hydrogens is 348 g/mol. The maximum atomic E-state index is 12.7. The Morgan fingerprint density at radius 1 is 1.30 bits per heavy atom. The molecule has 0 aliphatic carbocycles. The molecule has 7 heteroatoms. The van der Waals surface area contributed by atoms with Crippen molar-refractivity contribution in [3.8, 4) is 17.2 Å². The van der Waals surface area contributed by atoms with Crippen LogP contribution in [-0.4, -0.2) is 31.1 Å². The van der Waals surface area contributed by atoms with Gasteiger partial charge >= 0.3 is 0 Å². The summed E-state index contributed by atoms with van der Waals surface area (Å²) in [6, 6.07) is 8.62. The Morgan fingerprint density at radius 3 is 2.96 bits per heavy atom. The fraction of sp³-hybridized carbons (Fsp3) is 0.300. The number of hydrogen-bond acceptors (Lipinski definition) is 5. The first-order valence-corrected chi connectivity index (χ1v) is 8.88. The first-order chi connectivity index (χ1) is 13.0. The fourth-order valence-corrected chi connectivity index (χ4v) is 3.22. The van der Waals surface area contributed by atoms with Crippen LogP contribution in [0.25, 0.3) is 0 Å². The Bertz CT molecular complexity index is 925. The number of carbonyl (C=O) groups is 2. The SMILES string of the molecule is CCOc1cc2c(cc1NC(=O)c1ccc3c(c1)OCC(=O)N3)OC(C)C2. The van der Waals surface area contributed by atoms with Crippen LogP contribution in [0.1, 0.15) is 29.8 Å². The zero-order valence-electron chi connectivity index (χ0n) is 15.1. The van der Waals surface area contributed by atoms with Gasteiger partial charge in [-0.1, -0.05) is 0 Å². The summed E-state index contributed by atoms with van der Waals surface area (Å²) in [5.41, 5.74) is 2.60. The van der Waals surface area contributed by atoms with Crippen LogP contribution in [0, 0.1) is 0 Å². The number of benzene rings is 2. The molecule has 0 bridgehead atoms. The summed E-state index contributed by atoms with van der Waals surface area (Å²) in [4.78, 5) is 24.1. The van der Waals surface area contributed by atoms with E-state index < -0.39 is 0 Å². The summed E-state index contributed by atoms with van der Waals surface area (Å²) in [5, 5.41) is 5.59. The van der Waals surface area contributed by atoms with Crippen molar-refractivity contribution in [1.82, 2.24) is 0 Å². The minimum Gasteiger partial charge on any atom is -0.492 e. The average Bonchev–Trinajstić information content (AvgIpc) is 3.00. The topological polar surface area (TPSA) is 85.9 Å². The quantitative estimate of drug-likeness (QED) is 0.866. The minimum atomic E-state index is -0.301. The molecule has 7 nitrogen and oxygen atoms in total. The third kappa shape index (κ3) is 3.40. The summed E-state index contributed by atoms with van der Waals surface area (Å²) in [7, 11) is 0. The number of hydrogen-bond donors (Lipinski definition) is 2. The van der Waals surface area contributed by atoms with E-state index in [0.717, 1.165) is 17.7 Å². The second kappa shape index (κ2) is 6.83. The fourth-order valence-electron chi connectivity index (χ4n) is 3.22. The highest BCUT2D eigenvalue weighted by Crippen LogP contribution is 2.38. The summed E-state index contributed by atoms with van der Waals surface area (Å²) in [6.07, 6.45) is 0.922. The summed E-state index contributed by atoms with van der Waals surface area (Å²) >= 11 is 0. The minimum absolute atomic E-state index is 0.0626. The number of anilines is 2. The van der Waals surface area contributed by atoms with Gasteiger partial charge in [-0.25, -0.2) is 0 Å². The summed E-state index contributed by atoms with van der Waals surface area (Å²) in [6.45, 7) is 4.33. The van der Waals surface area contributed by atoms with E-state index >= 15 is 0 Å². The predicted octanol–water partition coefficient (Wildman–Crippen LogP) is 2.99. The Morgan fingerprint density at radius 2 is 2.15 bits per heavy atom. The standard InChI is InChI=1S/C20H20N2O5/c1-3-25-18-8-13-6-11(2)27-16(13)9-15(18)22-20(24)12-4-5-14-17(7-12)26-10-19(23)21-14/h4-5,7-9,11H,3,6,10H2,1-2H3,(H,21,23)(H,22,24). The molecule has 0 radical (unpaired) electrons. The molecule has 0 saturated carbocycles. The number of carbonyl (C=O) groups excluding carboxylic acids is 2. The molecule has 0 saturated heterocycles. The van der Waals surface area contributed by atoms with Gasteiger partial charge in [0.1, 0.15) is 23.4 Å². The smallest absolute Gasteiger partial charge is 0.262 e. The maximum absolute atomic E-state index is 12.7. The Hall–Kier alpha value is -3.22. The van der Waals surface area contributed by atoms with E-state index in [1.165, 1.54) is 0 Å². The second-order valence-electron chi connectivity index (χ2n) is 6.52. The molecule has 2 aliphatic rings. The zero-order chi connectivity index (χ0) is 19.0. The lowest BCUT2D eigenvalue weighted by molar-refractivity contribution is -0.118. The normalized spacial score (nSPS) is 17.1. The molecule has 2 aliphatic heterocycles. The van der Waals surface area contributed by atoms with Crippen molar-refractivity contribution >= 4 is 23.2 Å². The van der Waals surface area contributed by atoms with E-state index in [1.807, 2.05) is 19.9 Å². The van der Waals surface area contributed by atoms with Crippen molar-refractivity contribution in [1.29, 1.82) is 0 Å². The highest BCUT2D eigenvalue weighted by atomic mass is 16.5. The van der Waals surface area contributed by atoms with Gasteiger partial charge in [0.25, 0.3) is 11.8 Å². The zero-order valence-corrected chi connectivity index (χ0v) is 15.1. The third-order valence-corrected chi connectivity index (χ3v) is 4.42. The molecule has 140 valence electrons. The molecule has 2 aromatic rings. The molecule has 0 fully saturated rings. The van der Waals surface area contributed by atoms with Crippen LogP contribution < -0.4 is 24.8 Å². The largest absolute Gasteiger partial charge is 0.492 e. The van der Waals surface area contributed by atoms with Crippen molar-refractivity contribution in [2.75, 3.05) is 23.8 Å². The van der Waals surface area contributed by atoms with Gasteiger partial charge in [0.15, 0.2) is 6.61 Å². The molecule has 27 heavy (non-hydrogen) atoms. The van der Waals surface area contributed by atoms with Gasteiger partial charge in [0.2, 0.25) is 0 Å². The van der Waals surface area contributed by atoms with E-state index in [4.69, 9.17) is 14.2 Å². The van der Waals surface area contributed by atoms with Crippen LogP contribution in [0.4, 0.5) is 11.4 Å². The summed E-state index contributed by atoms with van der Waals surface area (Å²) in [5.74, 6) is 1.33. The molecule has 2 amide bonds. The predicted molar refractivity (Wildman–Crippen MR) is 99.9 cm³/mol. The third-order valence-electron chi connectivity index (χ3n) is 4.42. The van der Waals surface area contributed by atoms with Crippen molar-refractivity contribution in [2.24, 2.45) is 0 Å². The second-order valence-corrected chi connectivity index (χ2v) is 6.52. The Balaban J connectivity index is 1.59. The van der Waals surface area contributed by atoms with Gasteiger partial charge < -0.3 is 24.8 Å².